The molecule has 2 nitrogen and oxygen atoms in total. The normalized spacial score (nSPS) is 12.0. The van der Waals surface area contributed by atoms with Crippen molar-refractivity contribution in [3.63, 3.8) is 0 Å². The second-order valence-electron chi connectivity index (χ2n) is 3.71. The number of rotatable bonds is 8. The van der Waals surface area contributed by atoms with E-state index in [-0.39, 0.29) is 0 Å². The monoisotopic (exact) mass is 262 g/mol. The van der Waals surface area contributed by atoms with E-state index in [2.05, 4.69) is 42.3 Å². The molecule has 86 valence electrons. The standard InChI is InChI=1S/C11H28GeN2/c1-6-11-12(13(7-2)8-3)14(9-4)10-5/h12H,6-11H2,1-5H3. The van der Waals surface area contributed by atoms with Gasteiger partial charge in [-0.3, -0.25) is 0 Å². The van der Waals surface area contributed by atoms with E-state index in [9.17, 15) is 0 Å². The molecule has 0 aliphatic heterocycles. The van der Waals surface area contributed by atoms with Crippen molar-refractivity contribution in [1.82, 2.24) is 7.71 Å². The Morgan fingerprint density at radius 1 is 0.714 bits per heavy atom. The van der Waals surface area contributed by atoms with Crippen LogP contribution in [-0.2, 0) is 0 Å². The first-order chi connectivity index (χ1) is 6.74. The molecule has 14 heavy (non-hydrogen) atoms. The van der Waals surface area contributed by atoms with E-state index < -0.39 is 14.8 Å². The van der Waals surface area contributed by atoms with Gasteiger partial charge in [0.25, 0.3) is 0 Å². The van der Waals surface area contributed by atoms with Crippen LogP contribution >= 0.6 is 0 Å². The van der Waals surface area contributed by atoms with Crippen molar-refractivity contribution in [2.75, 3.05) is 26.2 Å². The Bertz CT molecular complexity index is 110. The molecule has 0 unspecified atom stereocenters. The van der Waals surface area contributed by atoms with Gasteiger partial charge in [0.2, 0.25) is 0 Å². The molecule has 3 heteroatoms. The third kappa shape index (κ3) is 4.32. The summed E-state index contributed by atoms with van der Waals surface area (Å²) in [7, 11) is 0. The van der Waals surface area contributed by atoms with Crippen molar-refractivity contribution in [2.45, 2.75) is 46.3 Å². The Hall–Kier alpha value is 0.463. The van der Waals surface area contributed by atoms with Gasteiger partial charge in [-0.1, -0.05) is 0 Å². The van der Waals surface area contributed by atoms with Crippen LogP contribution in [0.25, 0.3) is 0 Å². The van der Waals surface area contributed by atoms with Crippen LogP contribution in [0.1, 0.15) is 41.0 Å². The molecule has 0 aromatic rings. The van der Waals surface area contributed by atoms with Gasteiger partial charge < -0.3 is 0 Å². The van der Waals surface area contributed by atoms with Gasteiger partial charge in [0.05, 0.1) is 0 Å². The van der Waals surface area contributed by atoms with Crippen LogP contribution in [0.3, 0.4) is 0 Å². The summed E-state index contributed by atoms with van der Waals surface area (Å²) in [5.41, 5.74) is 0. The summed E-state index contributed by atoms with van der Waals surface area (Å²) in [5.74, 6) is 0. The van der Waals surface area contributed by atoms with Crippen LogP contribution in [0, 0.1) is 0 Å². The quantitative estimate of drug-likeness (QED) is 0.618. The fourth-order valence-corrected chi connectivity index (χ4v) is 9.27. The number of hydrogen-bond donors (Lipinski definition) is 0. The fraction of sp³-hybridized carbons (Fsp3) is 1.00. The predicted molar refractivity (Wildman–Crippen MR) is 68.1 cm³/mol. The minimum absolute atomic E-state index is 1.25. The average Bonchev–Trinajstić information content (AvgIpc) is 2.21. The first-order valence-corrected chi connectivity index (χ1v) is 10.1. The van der Waals surface area contributed by atoms with E-state index in [1.54, 1.807) is 0 Å². The van der Waals surface area contributed by atoms with E-state index >= 15 is 0 Å². The molecule has 0 spiro atoms. The Labute approximate surface area is 95.2 Å². The summed E-state index contributed by atoms with van der Waals surface area (Å²) < 4.78 is 5.51. The molecule has 0 N–H and O–H groups in total. The summed E-state index contributed by atoms with van der Waals surface area (Å²) in [5, 5.41) is 1.48. The third-order valence-corrected chi connectivity index (χ3v) is 11.9. The summed E-state index contributed by atoms with van der Waals surface area (Å²) in [6, 6.07) is 0. The topological polar surface area (TPSA) is 6.48 Å². The Morgan fingerprint density at radius 3 is 1.29 bits per heavy atom. The van der Waals surface area contributed by atoms with Crippen LogP contribution < -0.4 is 0 Å². The molecule has 0 aliphatic rings. The van der Waals surface area contributed by atoms with Crippen LogP contribution in [-0.4, -0.2) is 48.7 Å². The predicted octanol–water partition coefficient (Wildman–Crippen LogP) is 2.30. The SMILES string of the molecule is CC[CH2][GeH]([N](CC)CC)[N](CC)CC. The molecule has 0 atom stereocenters. The van der Waals surface area contributed by atoms with E-state index in [0.29, 0.717) is 0 Å². The number of nitrogens with zero attached hydrogens (tertiary/aromatic N) is 2. The molecule has 0 aromatic carbocycles. The van der Waals surface area contributed by atoms with Crippen molar-refractivity contribution in [3.8, 4) is 0 Å². The molecular formula is C11H28GeN2. The first kappa shape index (κ1) is 14.5. The summed E-state index contributed by atoms with van der Waals surface area (Å²) in [6.07, 6.45) is 1.36. The zero-order valence-electron chi connectivity index (χ0n) is 10.7. The van der Waals surface area contributed by atoms with Gasteiger partial charge in [-0.15, -0.1) is 0 Å². The molecule has 0 amide bonds. The van der Waals surface area contributed by atoms with Gasteiger partial charge in [-0.05, 0) is 0 Å². The zero-order chi connectivity index (χ0) is 11.0. The van der Waals surface area contributed by atoms with Gasteiger partial charge in [0.1, 0.15) is 0 Å². The molecule has 0 bridgehead atoms. The Kier molecular flexibility index (Phi) is 9.03. The van der Waals surface area contributed by atoms with Crippen LogP contribution in [0.5, 0.6) is 0 Å². The fourth-order valence-electron chi connectivity index (χ4n) is 2.14. The molecule has 0 fully saturated rings. The maximum atomic E-state index is 2.75. The van der Waals surface area contributed by atoms with Crippen LogP contribution in [0.4, 0.5) is 0 Å². The van der Waals surface area contributed by atoms with Gasteiger partial charge in [0, 0.05) is 0 Å². The van der Waals surface area contributed by atoms with E-state index in [1.165, 1.54) is 37.9 Å². The van der Waals surface area contributed by atoms with E-state index in [1.807, 2.05) is 0 Å². The maximum absolute atomic E-state index is 2.75. The molecule has 0 aliphatic carbocycles. The minimum atomic E-state index is -1.31. The second-order valence-corrected chi connectivity index (χ2v) is 10.0. The summed E-state index contributed by atoms with van der Waals surface area (Å²) in [4.78, 5) is 0. The number of hydrogen-bond acceptors (Lipinski definition) is 2. The van der Waals surface area contributed by atoms with Gasteiger partial charge >= 0.3 is 95.0 Å². The summed E-state index contributed by atoms with van der Waals surface area (Å²) in [6.45, 7) is 16.5. The van der Waals surface area contributed by atoms with E-state index in [4.69, 9.17) is 0 Å². The molecule has 0 aromatic heterocycles. The van der Waals surface area contributed by atoms with Crippen molar-refractivity contribution in [1.29, 1.82) is 0 Å². The molecule has 0 heterocycles. The molecule has 0 saturated carbocycles. The first-order valence-electron chi connectivity index (χ1n) is 6.23. The summed E-state index contributed by atoms with van der Waals surface area (Å²) >= 11 is -1.31. The van der Waals surface area contributed by atoms with Crippen LogP contribution in [0.2, 0.25) is 5.25 Å². The second kappa shape index (κ2) is 8.75. The van der Waals surface area contributed by atoms with Crippen molar-refractivity contribution in [2.24, 2.45) is 0 Å². The van der Waals surface area contributed by atoms with Gasteiger partial charge in [-0.2, -0.15) is 0 Å². The molecule has 0 radical (unpaired) electrons. The zero-order valence-corrected chi connectivity index (χ0v) is 13.1. The Morgan fingerprint density at radius 2 is 1.07 bits per heavy atom. The van der Waals surface area contributed by atoms with Crippen LogP contribution in [0.15, 0.2) is 0 Å². The van der Waals surface area contributed by atoms with Crippen molar-refractivity contribution in [3.05, 3.63) is 0 Å². The Balaban J connectivity index is 4.36. The molecule has 0 rings (SSSR count). The van der Waals surface area contributed by atoms with Crippen molar-refractivity contribution >= 4 is 14.8 Å². The molecular weight excluding hydrogens is 233 g/mol. The van der Waals surface area contributed by atoms with Gasteiger partial charge in [0.15, 0.2) is 0 Å². The molecule has 0 saturated heterocycles. The average molecular weight is 261 g/mol. The van der Waals surface area contributed by atoms with E-state index in [0.717, 1.165) is 0 Å². The van der Waals surface area contributed by atoms with Gasteiger partial charge in [-0.25, -0.2) is 0 Å². The third-order valence-electron chi connectivity index (χ3n) is 3.01. The van der Waals surface area contributed by atoms with Crippen molar-refractivity contribution < 1.29 is 0 Å².